The molecule has 0 aliphatic rings. The lowest BCUT2D eigenvalue weighted by molar-refractivity contribution is 0.0182. The fourth-order valence-corrected chi connectivity index (χ4v) is 1.62. The molecule has 1 unspecified atom stereocenters. The van der Waals surface area contributed by atoms with Crippen LogP contribution < -0.4 is 5.32 Å². The highest BCUT2D eigenvalue weighted by atomic mass is 79.9. The van der Waals surface area contributed by atoms with Crippen LogP contribution in [0.4, 0.5) is 14.5 Å². The number of halogens is 3. The SMILES string of the molecule is COCCOCC(O)CNc1cc(F)c(Br)cc1F. The molecule has 0 amide bonds. The molecular formula is C12H16BrF2NO3. The summed E-state index contributed by atoms with van der Waals surface area (Å²) < 4.78 is 36.6. The van der Waals surface area contributed by atoms with Crippen LogP contribution in [0.5, 0.6) is 0 Å². The van der Waals surface area contributed by atoms with Gasteiger partial charge in [-0.25, -0.2) is 8.78 Å². The molecule has 1 atom stereocenters. The quantitative estimate of drug-likeness (QED) is 0.563. The van der Waals surface area contributed by atoms with E-state index in [0.29, 0.717) is 13.2 Å². The Balaban J connectivity index is 2.37. The number of methoxy groups -OCH3 is 1. The predicted molar refractivity (Wildman–Crippen MR) is 71.2 cm³/mol. The molecule has 1 rings (SSSR count). The molecule has 108 valence electrons. The van der Waals surface area contributed by atoms with Crippen molar-refractivity contribution in [3.63, 3.8) is 0 Å². The number of benzene rings is 1. The van der Waals surface area contributed by atoms with Gasteiger partial charge in [0.05, 0.1) is 36.1 Å². The van der Waals surface area contributed by atoms with Crippen molar-refractivity contribution >= 4 is 21.6 Å². The standard InChI is InChI=1S/C12H16BrF2NO3/c1-18-2-3-19-7-8(17)6-16-12-5-10(14)9(13)4-11(12)15/h4-5,8,16-17H,2-3,6-7H2,1H3. The Morgan fingerprint density at radius 3 is 2.74 bits per heavy atom. The van der Waals surface area contributed by atoms with Gasteiger partial charge in [-0.05, 0) is 22.0 Å². The molecule has 0 spiro atoms. The maximum atomic E-state index is 13.4. The minimum absolute atomic E-state index is 0.00311. The van der Waals surface area contributed by atoms with Gasteiger partial charge in [-0.1, -0.05) is 0 Å². The third kappa shape index (κ3) is 5.82. The first kappa shape index (κ1) is 16.3. The third-order valence-electron chi connectivity index (χ3n) is 2.28. The number of aliphatic hydroxyl groups excluding tert-OH is 1. The molecule has 0 aromatic heterocycles. The molecule has 0 bridgehead atoms. The minimum Gasteiger partial charge on any atom is -0.389 e. The molecule has 4 nitrogen and oxygen atoms in total. The second kappa shape index (κ2) is 8.42. The molecule has 0 saturated heterocycles. The van der Waals surface area contributed by atoms with E-state index in [4.69, 9.17) is 9.47 Å². The summed E-state index contributed by atoms with van der Waals surface area (Å²) in [5, 5.41) is 12.2. The van der Waals surface area contributed by atoms with E-state index in [1.165, 1.54) is 0 Å². The first-order chi connectivity index (χ1) is 9.04. The summed E-state index contributed by atoms with van der Waals surface area (Å²) in [6, 6.07) is 2.05. The first-order valence-electron chi connectivity index (χ1n) is 5.67. The molecule has 0 aliphatic carbocycles. The van der Waals surface area contributed by atoms with Gasteiger partial charge in [0.25, 0.3) is 0 Å². The number of rotatable bonds is 8. The summed E-state index contributed by atoms with van der Waals surface area (Å²) in [6.07, 6.45) is -0.817. The Morgan fingerprint density at radius 1 is 1.32 bits per heavy atom. The van der Waals surface area contributed by atoms with E-state index >= 15 is 0 Å². The second-order valence-corrected chi connectivity index (χ2v) is 4.70. The van der Waals surface area contributed by atoms with Crippen molar-refractivity contribution in [1.82, 2.24) is 0 Å². The third-order valence-corrected chi connectivity index (χ3v) is 2.89. The van der Waals surface area contributed by atoms with Gasteiger partial charge in [-0.2, -0.15) is 0 Å². The average molecular weight is 340 g/mol. The van der Waals surface area contributed by atoms with Crippen LogP contribution in [-0.2, 0) is 9.47 Å². The smallest absolute Gasteiger partial charge is 0.147 e. The first-order valence-corrected chi connectivity index (χ1v) is 6.47. The maximum absolute atomic E-state index is 13.4. The topological polar surface area (TPSA) is 50.7 Å². The van der Waals surface area contributed by atoms with Gasteiger partial charge < -0.3 is 19.9 Å². The molecular weight excluding hydrogens is 324 g/mol. The van der Waals surface area contributed by atoms with E-state index in [2.05, 4.69) is 21.2 Å². The molecule has 2 N–H and O–H groups in total. The molecule has 0 fully saturated rings. The highest BCUT2D eigenvalue weighted by molar-refractivity contribution is 9.10. The van der Waals surface area contributed by atoms with Crippen LogP contribution >= 0.6 is 15.9 Å². The molecule has 7 heteroatoms. The van der Waals surface area contributed by atoms with Gasteiger partial charge >= 0.3 is 0 Å². The molecule has 0 saturated carbocycles. The Labute approximate surface area is 118 Å². The molecule has 0 heterocycles. The monoisotopic (exact) mass is 339 g/mol. The number of nitrogens with one attached hydrogen (secondary N) is 1. The fourth-order valence-electron chi connectivity index (χ4n) is 1.31. The largest absolute Gasteiger partial charge is 0.389 e. The van der Waals surface area contributed by atoms with Crippen molar-refractivity contribution in [2.75, 3.05) is 38.8 Å². The number of hydrogen-bond acceptors (Lipinski definition) is 4. The summed E-state index contributed by atoms with van der Waals surface area (Å²) >= 11 is 2.89. The van der Waals surface area contributed by atoms with Gasteiger partial charge in [-0.3, -0.25) is 0 Å². The second-order valence-electron chi connectivity index (χ2n) is 3.85. The lowest BCUT2D eigenvalue weighted by Crippen LogP contribution is -2.26. The van der Waals surface area contributed by atoms with Crippen molar-refractivity contribution in [2.45, 2.75) is 6.10 Å². The van der Waals surface area contributed by atoms with Gasteiger partial charge in [0.1, 0.15) is 11.6 Å². The highest BCUT2D eigenvalue weighted by Gasteiger charge is 2.10. The zero-order chi connectivity index (χ0) is 14.3. The Hall–Kier alpha value is -0.760. The van der Waals surface area contributed by atoms with E-state index < -0.39 is 17.7 Å². The fraction of sp³-hybridized carbons (Fsp3) is 0.500. The van der Waals surface area contributed by atoms with Crippen LogP contribution in [0.1, 0.15) is 0 Å². The summed E-state index contributed by atoms with van der Waals surface area (Å²) in [7, 11) is 1.55. The zero-order valence-corrected chi connectivity index (χ0v) is 12.0. The van der Waals surface area contributed by atoms with E-state index in [0.717, 1.165) is 12.1 Å². The van der Waals surface area contributed by atoms with Gasteiger partial charge in [0.15, 0.2) is 0 Å². The lowest BCUT2D eigenvalue weighted by Gasteiger charge is -2.14. The number of aliphatic hydroxyl groups is 1. The minimum atomic E-state index is -0.817. The molecule has 1 aromatic rings. The Bertz CT molecular complexity index is 407. The summed E-state index contributed by atoms with van der Waals surface area (Å²) in [5.41, 5.74) is -0.00311. The van der Waals surface area contributed by atoms with E-state index in [-0.39, 0.29) is 23.3 Å². The molecule has 0 radical (unpaired) electrons. The van der Waals surface area contributed by atoms with Gasteiger partial charge in [-0.15, -0.1) is 0 Å². The maximum Gasteiger partial charge on any atom is 0.147 e. The van der Waals surface area contributed by atoms with E-state index in [9.17, 15) is 13.9 Å². The summed E-state index contributed by atoms with van der Waals surface area (Å²) in [5.74, 6) is -1.17. The average Bonchev–Trinajstić information content (AvgIpc) is 2.37. The normalized spacial score (nSPS) is 12.5. The number of ether oxygens (including phenoxy) is 2. The van der Waals surface area contributed by atoms with Crippen molar-refractivity contribution < 1.29 is 23.4 Å². The molecule has 1 aromatic carbocycles. The molecule has 19 heavy (non-hydrogen) atoms. The highest BCUT2D eigenvalue weighted by Crippen LogP contribution is 2.23. The van der Waals surface area contributed by atoms with Crippen LogP contribution in [0.15, 0.2) is 16.6 Å². The van der Waals surface area contributed by atoms with Crippen LogP contribution in [-0.4, -0.2) is 44.7 Å². The van der Waals surface area contributed by atoms with Crippen LogP contribution in [0.25, 0.3) is 0 Å². The summed E-state index contributed by atoms with van der Waals surface area (Å²) in [4.78, 5) is 0. The number of anilines is 1. The number of hydrogen-bond donors (Lipinski definition) is 2. The van der Waals surface area contributed by atoms with Crippen molar-refractivity contribution in [2.24, 2.45) is 0 Å². The van der Waals surface area contributed by atoms with Crippen molar-refractivity contribution in [3.05, 3.63) is 28.2 Å². The van der Waals surface area contributed by atoms with Gasteiger partial charge in [0.2, 0.25) is 0 Å². The molecule has 0 aliphatic heterocycles. The predicted octanol–water partition coefficient (Wildman–Crippen LogP) is 2.16. The zero-order valence-electron chi connectivity index (χ0n) is 10.5. The van der Waals surface area contributed by atoms with Crippen molar-refractivity contribution in [3.8, 4) is 0 Å². The van der Waals surface area contributed by atoms with Crippen LogP contribution in [0.3, 0.4) is 0 Å². The Morgan fingerprint density at radius 2 is 2.05 bits per heavy atom. The van der Waals surface area contributed by atoms with Crippen molar-refractivity contribution in [1.29, 1.82) is 0 Å². The summed E-state index contributed by atoms with van der Waals surface area (Å²) in [6.45, 7) is 0.962. The Kier molecular flexibility index (Phi) is 7.22. The van der Waals surface area contributed by atoms with Crippen LogP contribution in [0, 0.1) is 11.6 Å². The van der Waals surface area contributed by atoms with E-state index in [1.807, 2.05) is 0 Å². The van der Waals surface area contributed by atoms with E-state index in [1.54, 1.807) is 7.11 Å². The van der Waals surface area contributed by atoms with Crippen LogP contribution in [0.2, 0.25) is 0 Å². The lowest BCUT2D eigenvalue weighted by atomic mass is 10.2. The van der Waals surface area contributed by atoms with Gasteiger partial charge in [0, 0.05) is 19.7 Å².